The molecule has 354 valence electrons. The summed E-state index contributed by atoms with van der Waals surface area (Å²) < 4.78 is 4.79. The first-order valence-electron chi connectivity index (χ1n) is 26.0. The number of nitrogens with zero attached hydrogens (tertiary/aromatic N) is 6. The van der Waals surface area contributed by atoms with Crippen LogP contribution in [-0.4, -0.2) is 29.1 Å². The van der Waals surface area contributed by atoms with Gasteiger partial charge >= 0.3 is 0 Å². The van der Waals surface area contributed by atoms with E-state index in [2.05, 4.69) is 264 Å². The van der Waals surface area contributed by atoms with Crippen LogP contribution in [0.25, 0.3) is 100 Å². The Labute approximate surface area is 438 Å². The lowest BCUT2D eigenvalue weighted by atomic mass is 9.49. The maximum Gasteiger partial charge on any atom is 0.145 e. The summed E-state index contributed by atoms with van der Waals surface area (Å²) >= 11 is 0. The zero-order valence-corrected chi connectivity index (χ0v) is 41.1. The van der Waals surface area contributed by atoms with Crippen molar-refractivity contribution in [2.24, 2.45) is 0 Å². The molecule has 0 amide bonds. The average Bonchev–Trinajstić information content (AvgIpc) is 4.26. The number of hydrogen-bond acceptors (Lipinski definition) is 4. The van der Waals surface area contributed by atoms with Crippen LogP contribution >= 0.6 is 0 Å². The molecule has 2 aliphatic rings. The van der Waals surface area contributed by atoms with Crippen LogP contribution in [-0.2, 0) is 10.8 Å². The van der Waals surface area contributed by atoms with Gasteiger partial charge in [0.1, 0.15) is 11.6 Å². The van der Waals surface area contributed by atoms with E-state index in [4.69, 9.17) is 19.9 Å². The molecular weight excluding hydrogens is 925 g/mol. The largest absolute Gasteiger partial charge is 0.292 e. The van der Waals surface area contributed by atoms with Gasteiger partial charge in [0, 0.05) is 45.4 Å². The molecule has 0 aliphatic heterocycles. The van der Waals surface area contributed by atoms with E-state index in [0.29, 0.717) is 0 Å². The standard InChI is InChI=1S/C70H44N6/c1-5-23-45(24-6-1)67-73-57-37-17-19-39-59(57)75(67)61-43-55-63(51-33-15-13-31-49(51)61)65-53(35-21-41-71-65)69(55,47-27-9-3-10-28-47)70(48-29-11-4-12-30-48)54-36-22-42-72-66(54)64-52-34-16-14-32-50(52)62(44-56(64)70)76-60-40-20-18-38-58(60)74-68(76)46-25-7-2-8-26-46/h1-44H. The Morgan fingerprint density at radius 1 is 0.303 bits per heavy atom. The molecule has 0 radical (unpaired) electrons. The predicted molar refractivity (Wildman–Crippen MR) is 307 cm³/mol. The van der Waals surface area contributed by atoms with E-state index in [1.165, 1.54) is 0 Å². The summed E-state index contributed by atoms with van der Waals surface area (Å²) in [6.45, 7) is 0. The van der Waals surface area contributed by atoms with Crippen LogP contribution in [0.2, 0.25) is 0 Å². The molecule has 6 heteroatoms. The highest BCUT2D eigenvalue weighted by Crippen LogP contribution is 2.71. The van der Waals surface area contributed by atoms with Crippen LogP contribution in [0.15, 0.2) is 267 Å². The molecule has 0 saturated heterocycles. The van der Waals surface area contributed by atoms with Gasteiger partial charge < -0.3 is 0 Å². The normalized spacial score (nSPS) is 16.3. The molecule has 16 rings (SSSR count). The highest BCUT2D eigenvalue weighted by atomic mass is 15.1. The minimum atomic E-state index is -1.00. The zero-order valence-electron chi connectivity index (χ0n) is 41.1. The first kappa shape index (κ1) is 42.5. The van der Waals surface area contributed by atoms with Crippen molar-refractivity contribution in [3.8, 4) is 56.7 Å². The van der Waals surface area contributed by atoms with Gasteiger partial charge in [-0.15, -0.1) is 0 Å². The van der Waals surface area contributed by atoms with Gasteiger partial charge in [0.05, 0.1) is 55.7 Å². The molecule has 10 aromatic carbocycles. The zero-order chi connectivity index (χ0) is 50.0. The van der Waals surface area contributed by atoms with E-state index >= 15 is 0 Å². The molecule has 6 nitrogen and oxygen atoms in total. The molecule has 2 aliphatic carbocycles. The Morgan fingerprint density at radius 3 is 1.08 bits per heavy atom. The van der Waals surface area contributed by atoms with Crippen LogP contribution < -0.4 is 0 Å². The molecule has 2 atom stereocenters. The summed E-state index contributed by atoms with van der Waals surface area (Å²) in [5, 5.41) is 4.46. The van der Waals surface area contributed by atoms with E-state index in [1.807, 2.05) is 12.4 Å². The number of hydrogen-bond donors (Lipinski definition) is 0. The maximum absolute atomic E-state index is 5.53. The lowest BCUT2D eigenvalue weighted by Crippen LogP contribution is -2.50. The fourth-order valence-corrected chi connectivity index (χ4v) is 13.6. The third-order valence-electron chi connectivity index (χ3n) is 16.4. The molecule has 4 aromatic heterocycles. The highest BCUT2D eigenvalue weighted by Gasteiger charge is 2.65. The SMILES string of the molecule is c1ccc(-c2nc3ccccc3n2-c2cc3c(c4ccccc24)-c2ncccc2C3(c2ccccc2)C2(c3ccccc3)c3cccnc3-c3c2cc(-n2c(-c4ccccc4)nc4ccccc42)c2ccccc32)cc1. The molecule has 0 fully saturated rings. The van der Waals surface area contributed by atoms with E-state index in [1.54, 1.807) is 0 Å². The van der Waals surface area contributed by atoms with Gasteiger partial charge in [-0.05, 0) is 92.7 Å². The van der Waals surface area contributed by atoms with Gasteiger partial charge in [-0.25, -0.2) is 9.97 Å². The quantitative estimate of drug-likeness (QED) is 0.160. The highest BCUT2D eigenvalue weighted by molar-refractivity contribution is 6.11. The summed E-state index contributed by atoms with van der Waals surface area (Å²) in [7, 11) is 0. The van der Waals surface area contributed by atoms with Crippen molar-refractivity contribution in [1.29, 1.82) is 0 Å². The first-order chi connectivity index (χ1) is 37.7. The second-order valence-electron chi connectivity index (χ2n) is 20.0. The number of rotatable bonds is 7. The van der Waals surface area contributed by atoms with Crippen molar-refractivity contribution in [1.82, 2.24) is 29.1 Å². The molecular formula is C70H44N6. The third kappa shape index (κ3) is 5.59. The first-order valence-corrected chi connectivity index (χ1v) is 26.0. The smallest absolute Gasteiger partial charge is 0.145 e. The second kappa shape index (κ2) is 16.2. The maximum atomic E-state index is 5.53. The van der Waals surface area contributed by atoms with Crippen molar-refractivity contribution in [3.05, 3.63) is 301 Å². The van der Waals surface area contributed by atoms with Crippen molar-refractivity contribution < 1.29 is 0 Å². The Balaban J connectivity index is 1.14. The van der Waals surface area contributed by atoms with Crippen LogP contribution in [0.5, 0.6) is 0 Å². The molecule has 0 N–H and O–H groups in total. The van der Waals surface area contributed by atoms with Crippen molar-refractivity contribution in [3.63, 3.8) is 0 Å². The predicted octanol–water partition coefficient (Wildman–Crippen LogP) is 16.1. The van der Waals surface area contributed by atoms with Crippen molar-refractivity contribution in [2.75, 3.05) is 0 Å². The second-order valence-corrected chi connectivity index (χ2v) is 20.0. The minimum Gasteiger partial charge on any atom is -0.292 e. The molecule has 0 spiro atoms. The van der Waals surface area contributed by atoms with E-state index in [0.717, 1.165) is 134 Å². The summed E-state index contributed by atoms with van der Waals surface area (Å²) in [6.07, 6.45) is 3.94. The Kier molecular flexibility index (Phi) is 9.07. The fraction of sp³-hybridized carbons (Fsp3) is 0.0286. The van der Waals surface area contributed by atoms with Crippen LogP contribution in [0.1, 0.15) is 33.4 Å². The monoisotopic (exact) mass is 968 g/mol. The number of aromatic nitrogens is 6. The van der Waals surface area contributed by atoms with Gasteiger partial charge in [-0.1, -0.05) is 206 Å². The summed E-state index contributed by atoms with van der Waals surface area (Å²) in [5.74, 6) is 1.75. The fourth-order valence-electron chi connectivity index (χ4n) is 13.6. The lowest BCUT2D eigenvalue weighted by molar-refractivity contribution is 0.436. The molecule has 76 heavy (non-hydrogen) atoms. The topological polar surface area (TPSA) is 61.4 Å². The summed E-state index contributed by atoms with van der Waals surface area (Å²) in [5.41, 5.74) is 17.1. The Morgan fingerprint density at radius 2 is 0.658 bits per heavy atom. The molecule has 4 heterocycles. The Hall–Kier alpha value is -10.0. The number of fused-ring (bicyclic) bond motifs is 12. The van der Waals surface area contributed by atoms with Gasteiger partial charge in [0.2, 0.25) is 0 Å². The number of para-hydroxylation sites is 4. The van der Waals surface area contributed by atoms with Gasteiger partial charge in [0.25, 0.3) is 0 Å². The molecule has 0 bridgehead atoms. The van der Waals surface area contributed by atoms with Gasteiger partial charge in [0.15, 0.2) is 0 Å². The lowest BCUT2D eigenvalue weighted by Gasteiger charge is -2.50. The van der Waals surface area contributed by atoms with Gasteiger partial charge in [-0.2, -0.15) is 0 Å². The van der Waals surface area contributed by atoms with Crippen molar-refractivity contribution in [2.45, 2.75) is 10.8 Å². The van der Waals surface area contributed by atoms with E-state index in [9.17, 15) is 0 Å². The summed E-state index contributed by atoms with van der Waals surface area (Å²) in [6, 6.07) is 92.6. The Bertz CT molecular complexity index is 4340. The van der Waals surface area contributed by atoms with Crippen LogP contribution in [0.4, 0.5) is 0 Å². The molecule has 2 unspecified atom stereocenters. The van der Waals surface area contributed by atoms with E-state index in [-0.39, 0.29) is 0 Å². The number of pyridine rings is 2. The average molecular weight is 969 g/mol. The molecule has 0 saturated carbocycles. The van der Waals surface area contributed by atoms with E-state index < -0.39 is 10.8 Å². The minimum absolute atomic E-state index is 0.877. The van der Waals surface area contributed by atoms with Crippen LogP contribution in [0.3, 0.4) is 0 Å². The van der Waals surface area contributed by atoms with Gasteiger partial charge in [-0.3, -0.25) is 19.1 Å². The number of benzene rings is 10. The number of imidazole rings is 2. The summed E-state index contributed by atoms with van der Waals surface area (Å²) in [4.78, 5) is 21.9. The third-order valence-corrected chi connectivity index (χ3v) is 16.4. The van der Waals surface area contributed by atoms with Crippen LogP contribution in [0, 0.1) is 0 Å². The van der Waals surface area contributed by atoms with Crippen molar-refractivity contribution >= 4 is 43.6 Å². The molecule has 14 aromatic rings.